The van der Waals surface area contributed by atoms with Gasteiger partial charge in [-0.15, -0.1) is 11.3 Å². The van der Waals surface area contributed by atoms with E-state index in [4.69, 9.17) is 0 Å². The third kappa shape index (κ3) is 2.53. The van der Waals surface area contributed by atoms with Crippen molar-refractivity contribution < 1.29 is 9.59 Å². The van der Waals surface area contributed by atoms with E-state index < -0.39 is 0 Å². The second-order valence-corrected chi connectivity index (χ2v) is 5.70. The number of carbonyl (C=O) groups is 2. The zero-order valence-corrected chi connectivity index (χ0v) is 11.6. The molecule has 3 rings (SSSR count). The highest BCUT2D eigenvalue weighted by molar-refractivity contribution is 7.18. The fraction of sp³-hybridized carbons (Fsp3) is 0.231. The molecule has 0 fully saturated rings. The fourth-order valence-electron chi connectivity index (χ4n) is 1.96. The second kappa shape index (κ2) is 5.01. The van der Waals surface area contributed by atoms with Crippen molar-refractivity contribution in [2.24, 2.45) is 5.10 Å². The quantitative estimate of drug-likeness (QED) is 0.884. The third-order valence-corrected chi connectivity index (χ3v) is 3.85. The number of amides is 2. The Kier molecular flexibility index (Phi) is 3.19. The minimum Gasteiger partial charge on any atom is -0.321 e. The summed E-state index contributed by atoms with van der Waals surface area (Å²) in [5.41, 5.74) is 4.27. The Balaban J connectivity index is 1.78. The molecule has 20 heavy (non-hydrogen) atoms. The predicted molar refractivity (Wildman–Crippen MR) is 77.8 cm³/mol. The maximum Gasteiger partial charge on any atom is 0.271 e. The van der Waals surface area contributed by atoms with Gasteiger partial charge < -0.3 is 5.32 Å². The van der Waals surface area contributed by atoms with Crippen molar-refractivity contribution in [1.82, 2.24) is 10.4 Å². The van der Waals surface area contributed by atoms with Gasteiger partial charge in [-0.25, -0.2) is 10.4 Å². The van der Waals surface area contributed by atoms with Crippen molar-refractivity contribution >= 4 is 44.8 Å². The first-order valence-electron chi connectivity index (χ1n) is 6.16. The van der Waals surface area contributed by atoms with Crippen molar-refractivity contribution in [3.05, 3.63) is 23.2 Å². The molecule has 0 aliphatic carbocycles. The van der Waals surface area contributed by atoms with Crippen LogP contribution in [0.4, 0.5) is 5.69 Å². The van der Waals surface area contributed by atoms with Gasteiger partial charge >= 0.3 is 0 Å². The molecule has 0 spiro atoms. The van der Waals surface area contributed by atoms with Gasteiger partial charge in [-0.2, -0.15) is 5.10 Å². The van der Waals surface area contributed by atoms with Gasteiger partial charge in [0.1, 0.15) is 5.71 Å². The van der Waals surface area contributed by atoms with Gasteiger partial charge in [-0.05, 0) is 25.1 Å². The van der Waals surface area contributed by atoms with E-state index in [9.17, 15) is 9.59 Å². The van der Waals surface area contributed by atoms with Gasteiger partial charge in [0.15, 0.2) is 0 Å². The minimum absolute atomic E-state index is 0.164. The van der Waals surface area contributed by atoms with Gasteiger partial charge in [-0.1, -0.05) is 0 Å². The van der Waals surface area contributed by atoms with Crippen LogP contribution < -0.4 is 10.7 Å². The highest BCUT2D eigenvalue weighted by Gasteiger charge is 2.18. The van der Waals surface area contributed by atoms with Crippen LogP contribution in [0.1, 0.15) is 17.8 Å². The van der Waals surface area contributed by atoms with Crippen LogP contribution in [-0.2, 0) is 9.59 Å². The van der Waals surface area contributed by atoms with E-state index in [2.05, 4.69) is 20.8 Å². The van der Waals surface area contributed by atoms with Crippen LogP contribution in [0.5, 0.6) is 0 Å². The smallest absolute Gasteiger partial charge is 0.271 e. The van der Waals surface area contributed by atoms with Gasteiger partial charge in [-0.3, -0.25) is 9.59 Å². The first-order chi connectivity index (χ1) is 9.61. The number of carbonyl (C=O) groups excluding carboxylic acids is 2. The highest BCUT2D eigenvalue weighted by atomic mass is 32.1. The molecule has 2 aromatic rings. The van der Waals surface area contributed by atoms with E-state index in [1.807, 2.05) is 19.1 Å². The number of thiazole rings is 1. The van der Waals surface area contributed by atoms with Gasteiger partial charge in [0.05, 0.1) is 15.2 Å². The lowest BCUT2D eigenvalue weighted by molar-refractivity contribution is -0.121. The Morgan fingerprint density at radius 3 is 3.00 bits per heavy atom. The number of hydrazone groups is 1. The molecular formula is C13H12N4O2S. The van der Waals surface area contributed by atoms with Crippen LogP contribution in [0.15, 0.2) is 23.3 Å². The zero-order valence-electron chi connectivity index (χ0n) is 10.8. The molecule has 2 heterocycles. The second-order valence-electron chi connectivity index (χ2n) is 4.46. The number of aromatic nitrogens is 1. The number of benzene rings is 1. The lowest BCUT2D eigenvalue weighted by atomic mass is 10.1. The fourth-order valence-corrected chi connectivity index (χ4v) is 2.83. The molecule has 0 saturated carbocycles. The molecule has 2 amide bonds. The monoisotopic (exact) mass is 288 g/mol. The van der Waals surface area contributed by atoms with Gasteiger partial charge in [0.2, 0.25) is 5.91 Å². The summed E-state index contributed by atoms with van der Waals surface area (Å²) in [4.78, 5) is 27.4. The Hall–Kier alpha value is -2.28. The Bertz CT molecular complexity index is 735. The van der Waals surface area contributed by atoms with Crippen LogP contribution in [-0.4, -0.2) is 22.5 Å². The van der Waals surface area contributed by atoms with Crippen LogP contribution >= 0.6 is 11.3 Å². The lowest BCUT2D eigenvalue weighted by Crippen LogP contribution is -2.32. The first kappa shape index (κ1) is 12.7. The molecule has 0 bridgehead atoms. The lowest BCUT2D eigenvalue weighted by Gasteiger charge is -2.11. The molecule has 102 valence electrons. The molecule has 0 unspecified atom stereocenters. The number of hydrogen-bond acceptors (Lipinski definition) is 5. The predicted octanol–water partition coefficient (Wildman–Crippen LogP) is 1.81. The molecule has 7 heteroatoms. The minimum atomic E-state index is -0.286. The van der Waals surface area contributed by atoms with Gasteiger partial charge in [0, 0.05) is 18.5 Å². The van der Waals surface area contributed by atoms with Gasteiger partial charge in [0.25, 0.3) is 5.91 Å². The van der Waals surface area contributed by atoms with Crippen LogP contribution in [0, 0.1) is 6.92 Å². The molecule has 1 aliphatic rings. The van der Waals surface area contributed by atoms with E-state index in [1.165, 1.54) is 0 Å². The highest BCUT2D eigenvalue weighted by Crippen LogP contribution is 2.24. The third-order valence-electron chi connectivity index (χ3n) is 2.92. The van der Waals surface area contributed by atoms with Crippen LogP contribution in [0.25, 0.3) is 10.2 Å². The molecule has 0 radical (unpaired) electrons. The number of aryl methyl sites for hydroxylation is 1. The number of anilines is 1. The normalized spacial score (nSPS) is 14.8. The van der Waals surface area contributed by atoms with E-state index in [0.717, 1.165) is 15.2 Å². The van der Waals surface area contributed by atoms with Crippen molar-refractivity contribution in [2.45, 2.75) is 19.8 Å². The topological polar surface area (TPSA) is 83.4 Å². The molecule has 0 atom stereocenters. The molecule has 0 saturated heterocycles. The summed E-state index contributed by atoms with van der Waals surface area (Å²) in [5, 5.41) is 7.54. The number of fused-ring (bicyclic) bond motifs is 1. The SMILES string of the molecule is Cc1nc2ccc(NC(=O)C3=NNC(=O)CC3)cc2s1. The van der Waals surface area contributed by atoms with E-state index >= 15 is 0 Å². The number of hydrogen-bond donors (Lipinski definition) is 2. The van der Waals surface area contributed by atoms with Crippen molar-refractivity contribution in [3.63, 3.8) is 0 Å². The van der Waals surface area contributed by atoms with Crippen molar-refractivity contribution in [2.75, 3.05) is 5.32 Å². The average molecular weight is 288 g/mol. The maximum atomic E-state index is 12.0. The number of rotatable bonds is 2. The summed E-state index contributed by atoms with van der Waals surface area (Å²) in [6, 6.07) is 5.57. The molecule has 2 N–H and O–H groups in total. The Morgan fingerprint density at radius 1 is 1.40 bits per heavy atom. The molecule has 1 aliphatic heterocycles. The summed E-state index contributed by atoms with van der Waals surface area (Å²) < 4.78 is 1.03. The number of nitrogens with one attached hydrogen (secondary N) is 2. The largest absolute Gasteiger partial charge is 0.321 e. The summed E-state index contributed by atoms with van der Waals surface area (Å²) >= 11 is 1.58. The molecule has 6 nitrogen and oxygen atoms in total. The van der Waals surface area contributed by atoms with E-state index in [1.54, 1.807) is 17.4 Å². The van der Waals surface area contributed by atoms with Crippen LogP contribution in [0.3, 0.4) is 0 Å². The van der Waals surface area contributed by atoms with E-state index in [-0.39, 0.29) is 11.8 Å². The van der Waals surface area contributed by atoms with Crippen LogP contribution in [0.2, 0.25) is 0 Å². The standard InChI is InChI=1S/C13H12N4O2S/c1-7-14-9-3-2-8(6-11(9)20-7)15-13(19)10-4-5-12(18)17-16-10/h2-3,6H,4-5H2,1H3,(H,15,19)(H,17,18). The summed E-state index contributed by atoms with van der Waals surface area (Å²) in [7, 11) is 0. The van der Waals surface area contributed by atoms with Crippen molar-refractivity contribution in [1.29, 1.82) is 0 Å². The number of nitrogens with zero attached hydrogens (tertiary/aromatic N) is 2. The zero-order chi connectivity index (χ0) is 14.1. The molecule has 1 aromatic carbocycles. The molecule has 1 aromatic heterocycles. The van der Waals surface area contributed by atoms with E-state index in [0.29, 0.717) is 24.2 Å². The summed E-state index contributed by atoms with van der Waals surface area (Å²) in [6.45, 7) is 1.95. The first-order valence-corrected chi connectivity index (χ1v) is 6.97. The summed E-state index contributed by atoms with van der Waals surface area (Å²) in [6.07, 6.45) is 0.652. The Morgan fingerprint density at radius 2 is 2.25 bits per heavy atom. The van der Waals surface area contributed by atoms with Crippen molar-refractivity contribution in [3.8, 4) is 0 Å². The maximum absolute atomic E-state index is 12.0. The molecular weight excluding hydrogens is 276 g/mol. The Labute approximate surface area is 118 Å². The average Bonchev–Trinajstić information content (AvgIpc) is 2.78. The summed E-state index contributed by atoms with van der Waals surface area (Å²) in [5.74, 6) is -0.450.